The summed E-state index contributed by atoms with van der Waals surface area (Å²) in [5.41, 5.74) is 1.36. The molecule has 0 saturated heterocycles. The van der Waals surface area contributed by atoms with Crippen molar-refractivity contribution in [3.8, 4) is 5.75 Å². The molecule has 1 aromatic carbocycles. The molecule has 1 heterocycles. The van der Waals surface area contributed by atoms with E-state index in [0.717, 1.165) is 5.69 Å². The minimum Gasteiger partial charge on any atom is -0.486 e. The third-order valence-electron chi connectivity index (χ3n) is 2.80. The first-order valence-electron chi connectivity index (χ1n) is 6.10. The van der Waals surface area contributed by atoms with Crippen LogP contribution in [0.25, 0.3) is 0 Å². The Hall–Kier alpha value is -1.61. The Morgan fingerprint density at radius 1 is 1.26 bits per heavy atom. The van der Waals surface area contributed by atoms with E-state index in [0.29, 0.717) is 11.3 Å². The molecule has 0 amide bonds. The smallest absolute Gasteiger partial charge is 0.149 e. The molecule has 0 fully saturated rings. The number of nitrogens with zero attached hydrogens (tertiary/aromatic N) is 1. The molecule has 0 saturated carbocycles. The maximum atomic E-state index is 14.0. The van der Waals surface area contributed by atoms with Gasteiger partial charge in [-0.25, -0.2) is 4.39 Å². The van der Waals surface area contributed by atoms with Gasteiger partial charge in [0.2, 0.25) is 0 Å². The van der Waals surface area contributed by atoms with E-state index in [4.69, 9.17) is 16.3 Å². The van der Waals surface area contributed by atoms with Crippen LogP contribution in [0.3, 0.4) is 0 Å². The molecule has 0 N–H and O–H groups in total. The fourth-order valence-electron chi connectivity index (χ4n) is 1.74. The second kappa shape index (κ2) is 6.02. The van der Waals surface area contributed by atoms with Crippen molar-refractivity contribution in [1.82, 2.24) is 4.98 Å². The summed E-state index contributed by atoms with van der Waals surface area (Å²) < 4.78 is 19.5. The van der Waals surface area contributed by atoms with E-state index < -0.39 is 5.82 Å². The molecule has 0 radical (unpaired) electrons. The molecular weight excluding hydrogens is 265 g/mol. The van der Waals surface area contributed by atoms with Gasteiger partial charge in [-0.1, -0.05) is 37.6 Å². The van der Waals surface area contributed by atoms with Crippen LogP contribution in [0.2, 0.25) is 5.02 Å². The highest BCUT2D eigenvalue weighted by Gasteiger charge is 2.14. The first kappa shape index (κ1) is 13.8. The number of benzene rings is 1. The van der Waals surface area contributed by atoms with Crippen molar-refractivity contribution < 1.29 is 9.13 Å². The molecule has 2 rings (SSSR count). The summed E-state index contributed by atoms with van der Waals surface area (Å²) in [7, 11) is 0. The average molecular weight is 280 g/mol. The van der Waals surface area contributed by atoms with Gasteiger partial charge in [0.25, 0.3) is 0 Å². The van der Waals surface area contributed by atoms with E-state index >= 15 is 0 Å². The number of hydrogen-bond acceptors (Lipinski definition) is 2. The number of halogens is 2. The molecule has 0 aliphatic carbocycles. The molecule has 0 aliphatic heterocycles. The summed E-state index contributed by atoms with van der Waals surface area (Å²) in [6.07, 6.45) is 1.68. The third kappa shape index (κ3) is 3.24. The summed E-state index contributed by atoms with van der Waals surface area (Å²) >= 11 is 5.99. The lowest BCUT2D eigenvalue weighted by Gasteiger charge is -2.12. The Labute approximate surface area is 117 Å². The molecule has 4 heteroatoms. The highest BCUT2D eigenvalue weighted by atomic mass is 35.5. The van der Waals surface area contributed by atoms with Crippen LogP contribution in [-0.4, -0.2) is 4.98 Å². The van der Waals surface area contributed by atoms with Crippen LogP contribution < -0.4 is 4.74 Å². The largest absolute Gasteiger partial charge is 0.486 e. The van der Waals surface area contributed by atoms with Crippen molar-refractivity contribution in [2.24, 2.45) is 0 Å². The lowest BCUT2D eigenvalue weighted by molar-refractivity contribution is 0.299. The van der Waals surface area contributed by atoms with Gasteiger partial charge in [-0.3, -0.25) is 4.98 Å². The van der Waals surface area contributed by atoms with E-state index in [2.05, 4.69) is 4.98 Å². The monoisotopic (exact) mass is 279 g/mol. The minimum absolute atomic E-state index is 0.0298. The lowest BCUT2D eigenvalue weighted by Crippen LogP contribution is -2.01. The standard InChI is InChI=1S/C15H15ClFNO/c1-10(2)12-6-7-13(14(16)15(12)17)19-9-11-5-3-4-8-18-11/h3-8,10H,9H2,1-2H3. The number of rotatable bonds is 4. The van der Waals surface area contributed by atoms with Gasteiger partial charge in [0.05, 0.1) is 5.69 Å². The second-order valence-corrected chi connectivity index (χ2v) is 4.92. The Kier molecular flexibility index (Phi) is 4.38. The molecule has 0 atom stereocenters. The first-order chi connectivity index (χ1) is 9.09. The van der Waals surface area contributed by atoms with Gasteiger partial charge in [0.1, 0.15) is 23.2 Å². The molecule has 0 unspecified atom stereocenters. The van der Waals surface area contributed by atoms with Crippen LogP contribution in [0, 0.1) is 5.82 Å². The average Bonchev–Trinajstić information content (AvgIpc) is 2.41. The molecule has 0 aliphatic rings. The Balaban J connectivity index is 2.16. The summed E-state index contributed by atoms with van der Waals surface area (Å²) in [5.74, 6) is 0.0201. The number of aromatic nitrogens is 1. The van der Waals surface area contributed by atoms with Crippen LogP contribution in [0.15, 0.2) is 36.5 Å². The van der Waals surface area contributed by atoms with Crippen molar-refractivity contribution in [2.75, 3.05) is 0 Å². The fraction of sp³-hybridized carbons (Fsp3) is 0.267. The van der Waals surface area contributed by atoms with Crippen LogP contribution in [0.1, 0.15) is 31.0 Å². The second-order valence-electron chi connectivity index (χ2n) is 4.55. The maximum Gasteiger partial charge on any atom is 0.149 e. The van der Waals surface area contributed by atoms with Gasteiger partial charge in [-0.2, -0.15) is 0 Å². The van der Waals surface area contributed by atoms with Gasteiger partial charge in [0, 0.05) is 6.20 Å². The maximum absolute atomic E-state index is 14.0. The van der Waals surface area contributed by atoms with Crippen molar-refractivity contribution in [3.05, 3.63) is 58.6 Å². The SMILES string of the molecule is CC(C)c1ccc(OCc2ccccn2)c(Cl)c1F. The number of pyridine rings is 1. The van der Waals surface area contributed by atoms with E-state index in [1.165, 1.54) is 0 Å². The molecule has 0 spiro atoms. The van der Waals surface area contributed by atoms with Crippen LogP contribution in [0.4, 0.5) is 4.39 Å². The summed E-state index contributed by atoms with van der Waals surface area (Å²) in [6.45, 7) is 4.10. The molecule has 1 aromatic heterocycles. The summed E-state index contributed by atoms with van der Waals surface area (Å²) in [5, 5.41) is 0.0298. The highest BCUT2D eigenvalue weighted by Crippen LogP contribution is 2.32. The molecule has 2 nitrogen and oxygen atoms in total. The van der Waals surface area contributed by atoms with Crippen molar-refractivity contribution in [3.63, 3.8) is 0 Å². The molecule has 100 valence electrons. The Bertz CT molecular complexity index is 558. The number of ether oxygens (including phenoxy) is 1. The van der Waals surface area contributed by atoms with Gasteiger partial charge in [0.15, 0.2) is 0 Å². The highest BCUT2D eigenvalue weighted by molar-refractivity contribution is 6.32. The van der Waals surface area contributed by atoms with Gasteiger partial charge < -0.3 is 4.74 Å². The van der Waals surface area contributed by atoms with E-state index in [1.807, 2.05) is 32.0 Å². The predicted octanol–water partition coefficient (Wildman–Crippen LogP) is 4.58. The van der Waals surface area contributed by atoms with Crippen molar-refractivity contribution in [2.45, 2.75) is 26.4 Å². The molecule has 19 heavy (non-hydrogen) atoms. The van der Waals surface area contributed by atoms with Gasteiger partial charge >= 0.3 is 0 Å². The van der Waals surface area contributed by atoms with Gasteiger partial charge in [-0.05, 0) is 29.7 Å². The zero-order chi connectivity index (χ0) is 13.8. The first-order valence-corrected chi connectivity index (χ1v) is 6.48. The number of hydrogen-bond donors (Lipinski definition) is 0. The normalized spacial score (nSPS) is 10.8. The van der Waals surface area contributed by atoms with Crippen LogP contribution in [0.5, 0.6) is 5.75 Å². The molecule has 0 bridgehead atoms. The third-order valence-corrected chi connectivity index (χ3v) is 3.15. The van der Waals surface area contributed by atoms with Gasteiger partial charge in [-0.15, -0.1) is 0 Å². The van der Waals surface area contributed by atoms with Crippen molar-refractivity contribution >= 4 is 11.6 Å². The quantitative estimate of drug-likeness (QED) is 0.817. The van der Waals surface area contributed by atoms with Crippen LogP contribution >= 0.6 is 11.6 Å². The topological polar surface area (TPSA) is 22.1 Å². The van der Waals surface area contributed by atoms with Crippen LogP contribution in [-0.2, 0) is 6.61 Å². The molecule has 2 aromatic rings. The summed E-state index contributed by atoms with van der Waals surface area (Å²) in [6, 6.07) is 8.94. The fourth-order valence-corrected chi connectivity index (χ4v) is 1.97. The van der Waals surface area contributed by atoms with Crippen molar-refractivity contribution in [1.29, 1.82) is 0 Å². The lowest BCUT2D eigenvalue weighted by atomic mass is 10.0. The zero-order valence-electron chi connectivity index (χ0n) is 10.9. The van der Waals surface area contributed by atoms with E-state index in [9.17, 15) is 4.39 Å². The Morgan fingerprint density at radius 3 is 2.68 bits per heavy atom. The Morgan fingerprint density at radius 2 is 2.05 bits per heavy atom. The molecular formula is C15H15ClFNO. The zero-order valence-corrected chi connectivity index (χ0v) is 11.6. The summed E-state index contributed by atoms with van der Waals surface area (Å²) in [4.78, 5) is 4.13. The minimum atomic E-state index is -0.407. The predicted molar refractivity (Wildman–Crippen MR) is 74.1 cm³/mol. The van der Waals surface area contributed by atoms with E-state index in [-0.39, 0.29) is 17.5 Å². The van der Waals surface area contributed by atoms with E-state index in [1.54, 1.807) is 18.3 Å².